The first-order chi connectivity index (χ1) is 12.2. The minimum atomic E-state index is -0.150. The number of carbonyl (C=O) groups is 1. The largest absolute Gasteiger partial charge is 0.298 e. The van der Waals surface area contributed by atoms with E-state index < -0.39 is 0 Å². The number of nitrogens with one attached hydrogen (secondary N) is 1. The van der Waals surface area contributed by atoms with Gasteiger partial charge in [0.15, 0.2) is 5.13 Å². The standard InChI is InChI=1S/C20H15N3OS.2ClH/c1-13-9-10-21-12-16(13)15-7-8-17-18(11-15)25-20(22-17)23-19(24)14-5-3-2-4-6-14;;/h2-12H,1H3,(H,22,23,24);2*1H. The van der Waals surface area contributed by atoms with Crippen molar-refractivity contribution in [3.05, 3.63) is 78.1 Å². The minimum absolute atomic E-state index is 0. The van der Waals surface area contributed by atoms with Crippen molar-refractivity contribution in [1.29, 1.82) is 0 Å². The highest BCUT2D eigenvalue weighted by molar-refractivity contribution is 7.22. The molecule has 0 bridgehead atoms. The van der Waals surface area contributed by atoms with E-state index in [9.17, 15) is 4.79 Å². The van der Waals surface area contributed by atoms with E-state index in [4.69, 9.17) is 0 Å². The van der Waals surface area contributed by atoms with Crippen LogP contribution in [-0.4, -0.2) is 15.9 Å². The van der Waals surface area contributed by atoms with Gasteiger partial charge in [-0.3, -0.25) is 15.1 Å². The van der Waals surface area contributed by atoms with E-state index in [2.05, 4.69) is 28.3 Å². The maximum atomic E-state index is 12.3. The zero-order valence-corrected chi connectivity index (χ0v) is 16.8. The number of amides is 1. The summed E-state index contributed by atoms with van der Waals surface area (Å²) in [5.41, 5.74) is 4.87. The number of benzene rings is 2. The van der Waals surface area contributed by atoms with Gasteiger partial charge < -0.3 is 0 Å². The summed E-state index contributed by atoms with van der Waals surface area (Å²) in [6.07, 6.45) is 3.66. The average molecular weight is 418 g/mol. The van der Waals surface area contributed by atoms with Crippen LogP contribution in [-0.2, 0) is 0 Å². The van der Waals surface area contributed by atoms with Crippen molar-refractivity contribution in [2.24, 2.45) is 0 Å². The second kappa shape index (κ2) is 8.95. The monoisotopic (exact) mass is 417 g/mol. The first-order valence-corrected chi connectivity index (χ1v) is 8.70. The SMILES string of the molecule is Cc1ccncc1-c1ccc2nc(NC(=O)c3ccccc3)sc2c1.Cl.Cl. The summed E-state index contributed by atoms with van der Waals surface area (Å²) < 4.78 is 1.03. The molecule has 1 amide bonds. The molecule has 0 saturated heterocycles. The molecule has 2 aromatic carbocycles. The third-order valence-electron chi connectivity index (χ3n) is 3.99. The Morgan fingerprint density at radius 2 is 1.81 bits per heavy atom. The topological polar surface area (TPSA) is 54.9 Å². The number of hydrogen-bond acceptors (Lipinski definition) is 4. The fraction of sp³-hybridized carbons (Fsp3) is 0.0500. The highest BCUT2D eigenvalue weighted by Gasteiger charge is 2.11. The molecule has 138 valence electrons. The Morgan fingerprint density at radius 3 is 2.56 bits per heavy atom. The number of aryl methyl sites for hydroxylation is 1. The molecule has 0 aliphatic carbocycles. The van der Waals surface area contributed by atoms with Crippen LogP contribution in [0.4, 0.5) is 5.13 Å². The third-order valence-corrected chi connectivity index (χ3v) is 4.93. The van der Waals surface area contributed by atoms with Crippen LogP contribution in [0.2, 0.25) is 0 Å². The van der Waals surface area contributed by atoms with Gasteiger partial charge in [-0.05, 0) is 48.4 Å². The quantitative estimate of drug-likeness (QED) is 0.460. The van der Waals surface area contributed by atoms with E-state index in [1.165, 1.54) is 16.9 Å². The summed E-state index contributed by atoms with van der Waals surface area (Å²) in [5.74, 6) is -0.150. The molecule has 0 fully saturated rings. The van der Waals surface area contributed by atoms with E-state index >= 15 is 0 Å². The Hall–Kier alpha value is -2.47. The van der Waals surface area contributed by atoms with Crippen molar-refractivity contribution < 1.29 is 4.79 Å². The Labute approximate surface area is 173 Å². The van der Waals surface area contributed by atoms with Crippen LogP contribution in [0, 0.1) is 6.92 Å². The van der Waals surface area contributed by atoms with Crippen LogP contribution in [0.5, 0.6) is 0 Å². The lowest BCUT2D eigenvalue weighted by Crippen LogP contribution is -2.11. The predicted octanol–water partition coefficient (Wildman–Crippen LogP) is 5.76. The van der Waals surface area contributed by atoms with Crippen LogP contribution >= 0.6 is 36.2 Å². The zero-order valence-electron chi connectivity index (χ0n) is 14.4. The number of hydrogen-bond donors (Lipinski definition) is 1. The molecular formula is C20H17Cl2N3OS. The Bertz CT molecular complexity index is 1070. The van der Waals surface area contributed by atoms with E-state index in [0.29, 0.717) is 10.7 Å². The van der Waals surface area contributed by atoms with Gasteiger partial charge in [-0.15, -0.1) is 24.8 Å². The predicted molar refractivity (Wildman–Crippen MR) is 116 cm³/mol. The maximum absolute atomic E-state index is 12.3. The molecule has 0 unspecified atom stereocenters. The van der Waals surface area contributed by atoms with Gasteiger partial charge in [-0.1, -0.05) is 35.6 Å². The Balaban J connectivity index is 0.00000131. The molecule has 4 rings (SSSR count). The highest BCUT2D eigenvalue weighted by Crippen LogP contribution is 2.31. The number of anilines is 1. The lowest BCUT2D eigenvalue weighted by molar-refractivity contribution is 0.102. The summed E-state index contributed by atoms with van der Waals surface area (Å²) in [4.78, 5) is 21.0. The molecule has 0 aliphatic heterocycles. The first kappa shape index (κ1) is 20.8. The summed E-state index contributed by atoms with van der Waals surface area (Å²) in [7, 11) is 0. The smallest absolute Gasteiger partial charge is 0.257 e. The Kier molecular flexibility index (Phi) is 6.91. The molecule has 2 heterocycles. The molecule has 2 aromatic heterocycles. The molecule has 0 atom stereocenters. The fourth-order valence-electron chi connectivity index (χ4n) is 2.67. The molecule has 0 radical (unpaired) electrons. The van der Waals surface area contributed by atoms with E-state index in [-0.39, 0.29) is 30.7 Å². The fourth-order valence-corrected chi connectivity index (χ4v) is 3.57. The normalized spacial score (nSPS) is 9.96. The van der Waals surface area contributed by atoms with Gasteiger partial charge in [-0.25, -0.2) is 4.98 Å². The summed E-state index contributed by atoms with van der Waals surface area (Å²) in [5, 5.41) is 3.48. The van der Waals surface area contributed by atoms with Crippen molar-refractivity contribution in [2.45, 2.75) is 6.92 Å². The second-order valence-electron chi connectivity index (χ2n) is 5.71. The number of carbonyl (C=O) groups excluding carboxylic acids is 1. The number of nitrogens with zero attached hydrogens (tertiary/aromatic N) is 2. The molecule has 7 heteroatoms. The van der Waals surface area contributed by atoms with E-state index in [1.54, 1.807) is 18.3 Å². The third kappa shape index (κ3) is 4.45. The number of fused-ring (bicyclic) bond motifs is 1. The maximum Gasteiger partial charge on any atom is 0.257 e. The summed E-state index contributed by atoms with van der Waals surface area (Å²) in [6.45, 7) is 2.07. The molecule has 0 spiro atoms. The lowest BCUT2D eigenvalue weighted by Gasteiger charge is -2.04. The van der Waals surface area contributed by atoms with Gasteiger partial charge in [0.1, 0.15) is 0 Å². The summed E-state index contributed by atoms with van der Waals surface area (Å²) in [6, 6.07) is 17.2. The van der Waals surface area contributed by atoms with Crippen molar-refractivity contribution in [3.63, 3.8) is 0 Å². The van der Waals surface area contributed by atoms with Gasteiger partial charge in [0, 0.05) is 23.5 Å². The Morgan fingerprint density at radius 1 is 1.04 bits per heavy atom. The van der Waals surface area contributed by atoms with Gasteiger partial charge in [-0.2, -0.15) is 0 Å². The first-order valence-electron chi connectivity index (χ1n) is 7.89. The molecule has 27 heavy (non-hydrogen) atoms. The van der Waals surface area contributed by atoms with Crippen molar-refractivity contribution >= 4 is 57.4 Å². The second-order valence-corrected chi connectivity index (χ2v) is 6.74. The van der Waals surface area contributed by atoms with Crippen LogP contribution < -0.4 is 5.32 Å². The number of pyridine rings is 1. The number of rotatable bonds is 3. The number of thiazole rings is 1. The van der Waals surface area contributed by atoms with Crippen molar-refractivity contribution in [3.8, 4) is 11.1 Å². The molecular weight excluding hydrogens is 401 g/mol. The molecule has 1 N–H and O–H groups in total. The molecule has 4 aromatic rings. The molecule has 0 saturated carbocycles. The minimum Gasteiger partial charge on any atom is -0.298 e. The number of halogens is 2. The molecule has 4 nitrogen and oxygen atoms in total. The van der Waals surface area contributed by atoms with Gasteiger partial charge in [0.25, 0.3) is 5.91 Å². The number of aromatic nitrogens is 2. The van der Waals surface area contributed by atoms with E-state index in [1.807, 2.05) is 42.6 Å². The van der Waals surface area contributed by atoms with Gasteiger partial charge in [0.2, 0.25) is 0 Å². The van der Waals surface area contributed by atoms with Crippen molar-refractivity contribution in [1.82, 2.24) is 9.97 Å². The highest BCUT2D eigenvalue weighted by atomic mass is 35.5. The van der Waals surface area contributed by atoms with Crippen LogP contribution in [0.25, 0.3) is 21.3 Å². The van der Waals surface area contributed by atoms with Gasteiger partial charge in [0.05, 0.1) is 10.2 Å². The molecule has 0 aliphatic rings. The summed E-state index contributed by atoms with van der Waals surface area (Å²) >= 11 is 1.47. The van der Waals surface area contributed by atoms with Crippen LogP contribution in [0.1, 0.15) is 15.9 Å². The van der Waals surface area contributed by atoms with Crippen LogP contribution in [0.15, 0.2) is 67.0 Å². The lowest BCUT2D eigenvalue weighted by atomic mass is 10.0. The average Bonchev–Trinajstić information content (AvgIpc) is 3.04. The van der Waals surface area contributed by atoms with E-state index in [0.717, 1.165) is 21.3 Å². The zero-order chi connectivity index (χ0) is 17.2. The van der Waals surface area contributed by atoms with Crippen LogP contribution in [0.3, 0.4) is 0 Å². The van der Waals surface area contributed by atoms with Gasteiger partial charge >= 0.3 is 0 Å². The van der Waals surface area contributed by atoms with Crippen molar-refractivity contribution in [2.75, 3.05) is 5.32 Å².